The van der Waals surface area contributed by atoms with E-state index in [1.807, 2.05) is 0 Å². The number of pyridine rings is 3. The second kappa shape index (κ2) is 26.3. The fourth-order valence-corrected chi connectivity index (χ4v) is 3.04. The van der Waals surface area contributed by atoms with Crippen molar-refractivity contribution >= 4 is 118 Å². The molecule has 3 heterocycles. The molecule has 3 aromatic heterocycles. The highest BCUT2D eigenvalue weighted by Gasteiger charge is 2.17. The van der Waals surface area contributed by atoms with E-state index in [2.05, 4.69) is 15.0 Å². The molecule has 240 valence electrons. The van der Waals surface area contributed by atoms with Crippen molar-refractivity contribution in [2.24, 2.45) is 0 Å². The fraction of sp³-hybridized carbons (Fsp3) is 0.100. The summed E-state index contributed by atoms with van der Waals surface area (Å²) >= 11 is 43.1. The predicted octanol–water partition coefficient (Wildman–Crippen LogP) is 12.9. The molecule has 0 unspecified atom stereocenters. The van der Waals surface area contributed by atoms with Crippen molar-refractivity contribution in [2.45, 2.75) is 0 Å². The fourth-order valence-electron chi connectivity index (χ4n) is 1.68. The summed E-state index contributed by atoms with van der Waals surface area (Å²) in [6, 6.07) is 4.49. The van der Waals surface area contributed by atoms with Crippen LogP contribution in [0, 0.1) is 73.1 Å². The van der Waals surface area contributed by atoms with Crippen molar-refractivity contribution < 1.29 is 21.8 Å². The van der Waals surface area contributed by atoms with E-state index in [0.717, 1.165) is 0 Å². The predicted molar refractivity (Wildman–Crippen MR) is 169 cm³/mol. The van der Waals surface area contributed by atoms with Gasteiger partial charge in [-0.05, 0) is 30.1 Å². The first-order chi connectivity index (χ1) is 21.0. The Morgan fingerprint density at radius 3 is 0.978 bits per heavy atom. The lowest BCUT2D eigenvalue weighted by Gasteiger charge is -2.00. The number of hydrogen-bond acceptors (Lipinski definition) is 9. The van der Waals surface area contributed by atoms with Crippen LogP contribution < -0.4 is 0 Å². The molecule has 25 heteroatoms. The van der Waals surface area contributed by atoms with Crippen LogP contribution in [0.15, 0.2) is 0 Å². The molecular formula is C20H9Cl8F5N9P3. The van der Waals surface area contributed by atoms with E-state index >= 15 is 0 Å². The lowest BCUT2D eigenvalue weighted by molar-refractivity contribution is 0.557. The quantitative estimate of drug-likeness (QED) is 0.115. The first kappa shape index (κ1) is 47.6. The van der Waals surface area contributed by atoms with E-state index in [9.17, 15) is 21.8 Å². The molecule has 0 fully saturated rings. The van der Waals surface area contributed by atoms with Gasteiger partial charge >= 0.3 is 0 Å². The van der Waals surface area contributed by atoms with Gasteiger partial charge in [0.05, 0.1) is 20.1 Å². The van der Waals surface area contributed by atoms with Gasteiger partial charge in [0.25, 0.3) is 0 Å². The Labute approximate surface area is 296 Å². The zero-order chi connectivity index (χ0) is 36.0. The van der Waals surface area contributed by atoms with E-state index in [4.69, 9.17) is 124 Å². The number of halogens is 13. The lowest BCUT2D eigenvalue weighted by atomic mass is 10.3. The van der Waals surface area contributed by atoms with E-state index < -0.39 is 48.1 Å². The first-order valence-electron chi connectivity index (χ1n) is 9.76. The minimum absolute atomic E-state index is 0.134. The maximum Gasteiger partial charge on any atom is 0.234 e. The smallest absolute Gasteiger partial charge is 0.234 e. The average Bonchev–Trinajstić information content (AvgIpc) is 3.01. The number of nitrogens with zero attached hydrogens (tertiary/aromatic N) is 6. The molecule has 0 amide bonds. The van der Waals surface area contributed by atoms with Crippen molar-refractivity contribution in [1.29, 1.82) is 31.3 Å². The third-order valence-electron chi connectivity index (χ3n) is 3.27. The van der Waals surface area contributed by atoms with Crippen LogP contribution >= 0.6 is 118 Å². The van der Waals surface area contributed by atoms with Crippen molar-refractivity contribution in [3.8, 4) is 18.2 Å². The van der Waals surface area contributed by atoms with Gasteiger partial charge in [-0.1, -0.05) is 92.8 Å². The molecule has 0 saturated heterocycles. The van der Waals surface area contributed by atoms with Crippen molar-refractivity contribution in [2.75, 3.05) is 13.3 Å². The van der Waals surface area contributed by atoms with Gasteiger partial charge < -0.3 is 0 Å². The third kappa shape index (κ3) is 16.5. The van der Waals surface area contributed by atoms with E-state index in [-0.39, 0.29) is 41.5 Å². The minimum Gasteiger partial charge on any atom is -0.284 e. The zero-order valence-corrected chi connectivity index (χ0v) is 30.2. The molecule has 0 aliphatic heterocycles. The van der Waals surface area contributed by atoms with Crippen molar-refractivity contribution in [1.82, 2.24) is 15.0 Å². The Hall–Kier alpha value is -1.81. The highest BCUT2D eigenvalue weighted by molar-refractivity contribution is 7.24. The van der Waals surface area contributed by atoms with E-state index in [1.165, 1.54) is 6.07 Å². The van der Waals surface area contributed by atoms with Crippen LogP contribution in [0.5, 0.6) is 0 Å². The zero-order valence-electron chi connectivity index (χ0n) is 21.4. The largest absolute Gasteiger partial charge is 0.284 e. The Morgan fingerprint density at radius 1 is 0.511 bits per heavy atom. The molecule has 3 rings (SSSR count). The molecule has 3 aromatic rings. The molecular weight excluding hydrogens is 838 g/mol. The third-order valence-corrected chi connectivity index (χ3v) is 6.64. The lowest BCUT2D eigenvalue weighted by Crippen LogP contribution is -1.95. The average molecular weight is 847 g/mol. The SMILES string of the molecule is CP=N.CP=N.N#Cc1nc(F)c(Cl)c(Cl)c1Cl.N#Cc1nc(F)c(Cl)c(Cl)c1Cl.N#Cc1nc(F)c(Cl)c(Cl)c1F.N=PF. The molecule has 0 aliphatic carbocycles. The molecule has 0 bridgehead atoms. The molecule has 9 nitrogen and oxygen atoms in total. The van der Waals surface area contributed by atoms with Gasteiger partial charge in [0.1, 0.15) is 38.3 Å². The van der Waals surface area contributed by atoms with E-state index in [0.29, 0.717) is 16.7 Å². The summed E-state index contributed by atoms with van der Waals surface area (Å²) in [5, 5.41) is 40.3. The topological polar surface area (TPSA) is 182 Å². The molecule has 0 saturated carbocycles. The molecule has 0 aromatic carbocycles. The summed E-state index contributed by atoms with van der Waals surface area (Å²) < 4.78 is 60.6. The van der Waals surface area contributed by atoms with Crippen LogP contribution in [0.25, 0.3) is 0 Å². The van der Waals surface area contributed by atoms with Crippen LogP contribution in [0.3, 0.4) is 0 Å². The number of nitriles is 3. The number of aromatic nitrogens is 3. The monoisotopic (exact) mass is 843 g/mol. The van der Waals surface area contributed by atoms with Crippen molar-refractivity contribution in [3.05, 3.63) is 80.9 Å². The van der Waals surface area contributed by atoms with Gasteiger partial charge in [-0.3, -0.25) is 15.5 Å². The molecule has 3 N–H and O–H groups in total. The summed E-state index contributed by atoms with van der Waals surface area (Å²) in [7, 11) is 0.500. The second-order valence-corrected chi connectivity index (χ2v) is 10.0. The van der Waals surface area contributed by atoms with Gasteiger partial charge in [-0.15, -0.1) is 0 Å². The Morgan fingerprint density at radius 2 is 0.733 bits per heavy atom. The van der Waals surface area contributed by atoms with Crippen LogP contribution in [-0.2, 0) is 0 Å². The van der Waals surface area contributed by atoms with Gasteiger partial charge in [-0.25, -0.2) is 19.3 Å². The first-order valence-corrected chi connectivity index (χ1v) is 16.3. The molecule has 0 aliphatic rings. The summed E-state index contributed by atoms with van der Waals surface area (Å²) in [5.41, 5.74) is -1.26. The molecule has 0 radical (unpaired) electrons. The van der Waals surface area contributed by atoms with Gasteiger partial charge in [0, 0.05) is 0 Å². The highest BCUT2D eigenvalue weighted by atomic mass is 35.5. The number of nitrogens with one attached hydrogen (secondary N) is 3. The van der Waals surface area contributed by atoms with Gasteiger partial charge in [0.2, 0.25) is 26.5 Å². The van der Waals surface area contributed by atoms with Crippen LogP contribution in [-0.4, -0.2) is 28.3 Å². The minimum atomic E-state index is -1.15. The number of rotatable bonds is 0. The van der Waals surface area contributed by atoms with Crippen LogP contribution in [0.1, 0.15) is 17.1 Å². The normalized spacial score (nSPS) is 9.07. The van der Waals surface area contributed by atoms with Gasteiger partial charge in [-0.2, -0.15) is 33.2 Å². The van der Waals surface area contributed by atoms with Crippen LogP contribution in [0.2, 0.25) is 40.2 Å². The molecule has 0 spiro atoms. The summed E-state index contributed by atoms with van der Waals surface area (Å²) in [6.07, 6.45) is 0. The van der Waals surface area contributed by atoms with E-state index in [1.54, 1.807) is 25.5 Å². The van der Waals surface area contributed by atoms with Gasteiger partial charge in [0.15, 0.2) is 22.9 Å². The van der Waals surface area contributed by atoms with Crippen molar-refractivity contribution in [3.63, 3.8) is 0 Å². The highest BCUT2D eigenvalue weighted by Crippen LogP contribution is 2.33. The molecule has 0 atom stereocenters. The summed E-state index contributed by atoms with van der Waals surface area (Å²) in [4.78, 5) is 9.28. The molecule has 45 heavy (non-hydrogen) atoms. The maximum atomic E-state index is 12.8. The summed E-state index contributed by atoms with van der Waals surface area (Å²) in [6.45, 7) is 3.53. The number of hydrogen-bond donors (Lipinski definition) is 3. The second-order valence-electron chi connectivity index (χ2n) is 5.95. The Kier molecular flexibility index (Phi) is 27.8. The summed E-state index contributed by atoms with van der Waals surface area (Å²) in [5.74, 6) is -4.25. The maximum absolute atomic E-state index is 12.8. The van der Waals surface area contributed by atoms with Crippen LogP contribution in [0.4, 0.5) is 21.8 Å². The standard InChI is InChI=1S/2C6Cl3FN2.C6Cl2F2N2.2CH4NP.FHNP/c2*7-3-2(1-11)12-6(10)5(9)4(3)8;7-3-4(8)6(10)12-2(1-11)5(3)9;3*1-3-2/h;;;2*2H,1H3;2H. The Balaban J connectivity index is -0.000000518. The Bertz CT molecular complexity index is 1450.